The Kier molecular flexibility index (Phi) is 8.92. The zero-order valence-electron chi connectivity index (χ0n) is 9.41. The molecule has 0 nitrogen and oxygen atoms in total. The third-order valence-corrected chi connectivity index (χ3v) is 2.46. The second-order valence-corrected chi connectivity index (χ2v) is 4.05. The number of unbranched alkanes of at least 4 members (excludes halogenated alkanes) is 8. The molecule has 0 aromatic heterocycles. The maximum Gasteiger partial charge on any atom is 0.389 e. The molecule has 15 heavy (non-hydrogen) atoms. The van der Waals surface area contributed by atoms with Crippen molar-refractivity contribution in [2.45, 2.75) is 70.4 Å². The van der Waals surface area contributed by atoms with Crippen LogP contribution in [0.4, 0.5) is 13.2 Å². The van der Waals surface area contributed by atoms with E-state index in [9.17, 15) is 13.2 Å². The van der Waals surface area contributed by atoms with E-state index in [-0.39, 0.29) is 0 Å². The number of hydrogen-bond donors (Lipinski definition) is 0. The Balaban J connectivity index is 2.99. The van der Waals surface area contributed by atoms with Gasteiger partial charge in [0.25, 0.3) is 0 Å². The highest BCUT2D eigenvalue weighted by atomic mass is 19.4. The summed E-state index contributed by atoms with van der Waals surface area (Å²) in [5, 5.41) is 0. The van der Waals surface area contributed by atoms with Gasteiger partial charge in [0.15, 0.2) is 0 Å². The van der Waals surface area contributed by atoms with Crippen LogP contribution < -0.4 is 0 Å². The minimum Gasteiger partial charge on any atom is -0.171 e. The Morgan fingerprint density at radius 1 is 0.667 bits per heavy atom. The van der Waals surface area contributed by atoms with Gasteiger partial charge in [-0.1, -0.05) is 58.3 Å². The van der Waals surface area contributed by atoms with Crippen molar-refractivity contribution in [2.75, 3.05) is 0 Å². The minimum atomic E-state index is -3.96. The molecule has 0 aliphatic heterocycles. The second kappa shape index (κ2) is 9.05. The molecule has 0 spiro atoms. The van der Waals surface area contributed by atoms with E-state index in [0.29, 0.717) is 6.42 Å². The fourth-order valence-corrected chi connectivity index (χ4v) is 1.56. The van der Waals surface area contributed by atoms with Crippen LogP contribution in [-0.2, 0) is 0 Å². The van der Waals surface area contributed by atoms with Crippen LogP contribution in [0.2, 0.25) is 0 Å². The van der Waals surface area contributed by atoms with Gasteiger partial charge in [-0.05, 0) is 6.42 Å². The standard InChI is InChI=1S/C12H22F3/c1-2-3-4-5-6-7-8-9-10-11-12(13,14)15/h1-11H2. The molecule has 0 saturated heterocycles. The van der Waals surface area contributed by atoms with Gasteiger partial charge in [0.05, 0.1) is 0 Å². The van der Waals surface area contributed by atoms with E-state index in [1.165, 1.54) is 19.3 Å². The average molecular weight is 223 g/mol. The predicted octanol–water partition coefficient (Wildman–Crippen LogP) is 5.28. The van der Waals surface area contributed by atoms with Gasteiger partial charge in [0.2, 0.25) is 0 Å². The second-order valence-electron chi connectivity index (χ2n) is 4.05. The predicted molar refractivity (Wildman–Crippen MR) is 57.6 cm³/mol. The minimum absolute atomic E-state index is 0.294. The van der Waals surface area contributed by atoms with Crippen molar-refractivity contribution in [3.05, 3.63) is 6.92 Å². The number of rotatable bonds is 9. The molecule has 0 bridgehead atoms. The fraction of sp³-hybridized carbons (Fsp3) is 0.917. The molecule has 0 atom stereocenters. The van der Waals surface area contributed by atoms with Crippen LogP contribution in [0.1, 0.15) is 64.2 Å². The molecule has 0 amide bonds. The molecule has 0 rings (SSSR count). The van der Waals surface area contributed by atoms with E-state index in [1.807, 2.05) is 0 Å². The first-order valence-electron chi connectivity index (χ1n) is 5.92. The van der Waals surface area contributed by atoms with Crippen molar-refractivity contribution in [2.24, 2.45) is 0 Å². The van der Waals surface area contributed by atoms with Gasteiger partial charge in [-0.2, -0.15) is 13.2 Å². The van der Waals surface area contributed by atoms with Crippen molar-refractivity contribution < 1.29 is 13.2 Å². The molecule has 0 aliphatic carbocycles. The monoisotopic (exact) mass is 223 g/mol. The Bertz CT molecular complexity index is 129. The molecule has 0 saturated carbocycles. The summed E-state index contributed by atoms with van der Waals surface area (Å²) in [5.41, 5.74) is 0. The van der Waals surface area contributed by atoms with Crippen LogP contribution in [0.5, 0.6) is 0 Å². The lowest BCUT2D eigenvalue weighted by Crippen LogP contribution is -2.06. The highest BCUT2D eigenvalue weighted by Crippen LogP contribution is 2.23. The van der Waals surface area contributed by atoms with E-state index >= 15 is 0 Å². The van der Waals surface area contributed by atoms with Gasteiger partial charge in [0, 0.05) is 6.42 Å². The van der Waals surface area contributed by atoms with E-state index in [2.05, 4.69) is 6.92 Å². The lowest BCUT2D eigenvalue weighted by Gasteiger charge is -2.05. The van der Waals surface area contributed by atoms with E-state index < -0.39 is 12.6 Å². The Labute approximate surface area is 91.3 Å². The molecule has 0 aromatic carbocycles. The molecule has 0 aromatic rings. The van der Waals surface area contributed by atoms with E-state index in [4.69, 9.17) is 0 Å². The van der Waals surface area contributed by atoms with Gasteiger partial charge >= 0.3 is 6.18 Å². The van der Waals surface area contributed by atoms with Crippen molar-refractivity contribution in [3.63, 3.8) is 0 Å². The highest BCUT2D eigenvalue weighted by Gasteiger charge is 2.25. The average Bonchev–Trinajstić information content (AvgIpc) is 2.14. The van der Waals surface area contributed by atoms with E-state index in [1.54, 1.807) is 0 Å². The first kappa shape index (κ1) is 14.8. The fourth-order valence-electron chi connectivity index (χ4n) is 1.56. The lowest BCUT2D eigenvalue weighted by atomic mass is 10.1. The lowest BCUT2D eigenvalue weighted by molar-refractivity contribution is -0.135. The maximum absolute atomic E-state index is 11.8. The Morgan fingerprint density at radius 2 is 1.07 bits per heavy atom. The van der Waals surface area contributed by atoms with Gasteiger partial charge in [-0.25, -0.2) is 0 Å². The third kappa shape index (κ3) is 13.8. The van der Waals surface area contributed by atoms with Crippen LogP contribution in [0.25, 0.3) is 0 Å². The highest BCUT2D eigenvalue weighted by molar-refractivity contribution is 4.52. The topological polar surface area (TPSA) is 0 Å². The summed E-state index contributed by atoms with van der Waals surface area (Å²) in [6.45, 7) is 3.76. The molecule has 0 heterocycles. The number of halogens is 3. The van der Waals surface area contributed by atoms with E-state index in [0.717, 1.165) is 32.1 Å². The van der Waals surface area contributed by atoms with Crippen molar-refractivity contribution in [1.82, 2.24) is 0 Å². The SMILES string of the molecule is [CH2]CCCCCCCCCCC(F)(F)F. The van der Waals surface area contributed by atoms with Crippen LogP contribution in [0.15, 0.2) is 0 Å². The largest absolute Gasteiger partial charge is 0.389 e. The van der Waals surface area contributed by atoms with Crippen LogP contribution >= 0.6 is 0 Å². The number of alkyl halides is 3. The zero-order valence-corrected chi connectivity index (χ0v) is 9.41. The zero-order chi connectivity index (χ0) is 11.6. The summed E-state index contributed by atoms with van der Waals surface area (Å²) < 4.78 is 35.3. The van der Waals surface area contributed by atoms with Crippen LogP contribution in [-0.4, -0.2) is 6.18 Å². The molecule has 0 unspecified atom stereocenters. The van der Waals surface area contributed by atoms with Crippen molar-refractivity contribution in [3.8, 4) is 0 Å². The van der Waals surface area contributed by atoms with Crippen molar-refractivity contribution in [1.29, 1.82) is 0 Å². The van der Waals surface area contributed by atoms with Gasteiger partial charge in [0.1, 0.15) is 0 Å². The Hall–Kier alpha value is -0.210. The molecule has 91 valence electrons. The maximum atomic E-state index is 11.8. The quantitative estimate of drug-likeness (QED) is 0.466. The molecule has 3 heteroatoms. The molecule has 0 fully saturated rings. The van der Waals surface area contributed by atoms with Gasteiger partial charge in [-0.3, -0.25) is 0 Å². The summed E-state index contributed by atoms with van der Waals surface area (Å²) in [6.07, 6.45) is 4.20. The third-order valence-electron chi connectivity index (χ3n) is 2.46. The van der Waals surface area contributed by atoms with Crippen LogP contribution in [0, 0.1) is 6.92 Å². The number of hydrogen-bond acceptors (Lipinski definition) is 0. The normalized spacial score (nSPS) is 12.0. The first-order chi connectivity index (χ1) is 7.06. The van der Waals surface area contributed by atoms with Gasteiger partial charge < -0.3 is 0 Å². The Morgan fingerprint density at radius 3 is 1.47 bits per heavy atom. The molecular weight excluding hydrogens is 201 g/mol. The smallest absolute Gasteiger partial charge is 0.171 e. The van der Waals surface area contributed by atoms with Crippen molar-refractivity contribution >= 4 is 0 Å². The summed E-state index contributed by atoms with van der Waals surface area (Å²) >= 11 is 0. The molecule has 1 radical (unpaired) electrons. The van der Waals surface area contributed by atoms with Gasteiger partial charge in [-0.15, -0.1) is 0 Å². The molecule has 0 aliphatic rings. The summed E-state index contributed by atoms with van der Waals surface area (Å²) in [6, 6.07) is 0. The molecule has 0 N–H and O–H groups in total. The summed E-state index contributed by atoms with van der Waals surface area (Å²) in [7, 11) is 0. The summed E-state index contributed by atoms with van der Waals surface area (Å²) in [5.74, 6) is 0. The molecular formula is C12H22F3. The first-order valence-corrected chi connectivity index (χ1v) is 5.92. The van der Waals surface area contributed by atoms with Crippen LogP contribution in [0.3, 0.4) is 0 Å². The summed E-state index contributed by atoms with van der Waals surface area (Å²) in [4.78, 5) is 0.